The van der Waals surface area contributed by atoms with Gasteiger partial charge in [-0.25, -0.2) is 0 Å². The number of hydrogen-bond acceptors (Lipinski definition) is 4. The molecule has 0 aromatic heterocycles. The summed E-state index contributed by atoms with van der Waals surface area (Å²) in [7, 11) is 0. The van der Waals surface area contributed by atoms with Crippen LogP contribution in [0, 0.1) is 10.1 Å². The van der Waals surface area contributed by atoms with Crippen molar-refractivity contribution in [2.24, 2.45) is 0 Å². The Kier molecular flexibility index (Phi) is 3.67. The third-order valence-corrected chi connectivity index (χ3v) is 2.31. The van der Waals surface area contributed by atoms with E-state index < -0.39 is 11.2 Å². The Morgan fingerprint density at radius 3 is 2.71 bits per heavy atom. The maximum Gasteiger partial charge on any atom is 0.294 e. The van der Waals surface area contributed by atoms with Crippen LogP contribution in [0.5, 0.6) is 0 Å². The Balaban J connectivity index is 2.49. The van der Waals surface area contributed by atoms with Gasteiger partial charge in [0.25, 0.3) is 5.09 Å². The van der Waals surface area contributed by atoms with Crippen molar-refractivity contribution in [3.63, 3.8) is 0 Å². The molecule has 0 aromatic carbocycles. The standard InChI is InChI=1S/C8H14N2O4/c1-6(11)9-7-4-2-3-5-8(7)14-10(12)13/h7-8H,2-5H2,1H3,(H,9,11)/t7-,8-/m1/s1. The lowest BCUT2D eigenvalue weighted by molar-refractivity contribution is -0.769. The van der Waals surface area contributed by atoms with Gasteiger partial charge in [-0.05, 0) is 12.8 Å². The van der Waals surface area contributed by atoms with Gasteiger partial charge in [-0.2, -0.15) is 0 Å². The van der Waals surface area contributed by atoms with Crippen molar-refractivity contribution in [1.29, 1.82) is 0 Å². The van der Waals surface area contributed by atoms with Crippen molar-refractivity contribution in [1.82, 2.24) is 5.32 Å². The molecule has 0 aromatic rings. The normalized spacial score (nSPS) is 26.6. The first kappa shape index (κ1) is 10.7. The van der Waals surface area contributed by atoms with E-state index in [2.05, 4.69) is 10.2 Å². The predicted octanol–water partition coefficient (Wildman–Crippen LogP) is 0.642. The first-order valence-corrected chi connectivity index (χ1v) is 4.68. The topological polar surface area (TPSA) is 81.5 Å². The van der Waals surface area contributed by atoms with E-state index in [-0.39, 0.29) is 11.9 Å². The van der Waals surface area contributed by atoms with Crippen LogP contribution in [0.2, 0.25) is 0 Å². The van der Waals surface area contributed by atoms with Crippen molar-refractivity contribution in [3.8, 4) is 0 Å². The largest absolute Gasteiger partial charge is 0.351 e. The Hall–Kier alpha value is -1.33. The van der Waals surface area contributed by atoms with Crippen LogP contribution in [0.25, 0.3) is 0 Å². The fourth-order valence-electron chi connectivity index (χ4n) is 1.76. The molecule has 1 N–H and O–H groups in total. The lowest BCUT2D eigenvalue weighted by atomic mass is 9.92. The summed E-state index contributed by atoms with van der Waals surface area (Å²) < 4.78 is 0. The van der Waals surface area contributed by atoms with Crippen LogP contribution in [-0.4, -0.2) is 23.1 Å². The van der Waals surface area contributed by atoms with E-state index >= 15 is 0 Å². The summed E-state index contributed by atoms with van der Waals surface area (Å²) in [4.78, 5) is 25.5. The highest BCUT2D eigenvalue weighted by Gasteiger charge is 2.28. The minimum Gasteiger partial charge on any atom is -0.351 e. The number of carbonyl (C=O) groups is 1. The molecule has 0 heterocycles. The second-order valence-corrected chi connectivity index (χ2v) is 3.46. The van der Waals surface area contributed by atoms with E-state index in [4.69, 9.17) is 0 Å². The summed E-state index contributed by atoms with van der Waals surface area (Å²) >= 11 is 0. The van der Waals surface area contributed by atoms with Gasteiger partial charge in [0.05, 0.1) is 6.04 Å². The number of rotatable bonds is 3. The zero-order chi connectivity index (χ0) is 10.6. The van der Waals surface area contributed by atoms with Crippen LogP contribution in [0.1, 0.15) is 32.6 Å². The van der Waals surface area contributed by atoms with E-state index in [1.54, 1.807) is 0 Å². The molecular formula is C8H14N2O4. The summed E-state index contributed by atoms with van der Waals surface area (Å²) in [5.41, 5.74) is 0. The molecule has 0 saturated heterocycles. The number of nitrogens with zero attached hydrogens (tertiary/aromatic N) is 1. The molecule has 80 valence electrons. The van der Waals surface area contributed by atoms with Gasteiger partial charge in [0.2, 0.25) is 5.91 Å². The summed E-state index contributed by atoms with van der Waals surface area (Å²) in [5.74, 6) is -0.172. The molecule has 1 saturated carbocycles. The van der Waals surface area contributed by atoms with Crippen LogP contribution in [0.4, 0.5) is 0 Å². The minimum atomic E-state index is -0.787. The molecule has 1 fully saturated rings. The van der Waals surface area contributed by atoms with E-state index in [9.17, 15) is 14.9 Å². The third kappa shape index (κ3) is 3.20. The van der Waals surface area contributed by atoms with Crippen LogP contribution < -0.4 is 5.32 Å². The highest BCUT2D eigenvalue weighted by Crippen LogP contribution is 2.21. The van der Waals surface area contributed by atoms with Gasteiger partial charge >= 0.3 is 0 Å². The molecule has 6 heteroatoms. The average molecular weight is 202 g/mol. The third-order valence-electron chi connectivity index (χ3n) is 2.31. The maximum atomic E-state index is 10.8. The molecule has 0 unspecified atom stereocenters. The highest BCUT2D eigenvalue weighted by molar-refractivity contribution is 5.73. The molecule has 1 aliphatic rings. The van der Waals surface area contributed by atoms with E-state index in [1.807, 2.05) is 0 Å². The first-order valence-electron chi connectivity index (χ1n) is 4.68. The first-order chi connectivity index (χ1) is 6.59. The smallest absolute Gasteiger partial charge is 0.294 e. The second-order valence-electron chi connectivity index (χ2n) is 3.46. The summed E-state index contributed by atoms with van der Waals surface area (Å²) in [6.45, 7) is 1.40. The molecule has 14 heavy (non-hydrogen) atoms. The van der Waals surface area contributed by atoms with Crippen LogP contribution >= 0.6 is 0 Å². The minimum absolute atomic E-state index is 0.172. The SMILES string of the molecule is CC(=O)N[C@@H]1CCCC[C@H]1O[N+](=O)[O-]. The van der Waals surface area contributed by atoms with E-state index in [0.29, 0.717) is 6.42 Å². The number of amides is 1. The maximum absolute atomic E-state index is 10.8. The van der Waals surface area contributed by atoms with Gasteiger partial charge in [0, 0.05) is 6.92 Å². The molecule has 0 spiro atoms. The van der Waals surface area contributed by atoms with Gasteiger partial charge in [0.15, 0.2) is 0 Å². The molecule has 2 atom stereocenters. The summed E-state index contributed by atoms with van der Waals surface area (Å²) in [6, 6.07) is -0.216. The zero-order valence-electron chi connectivity index (χ0n) is 8.06. The zero-order valence-corrected chi connectivity index (χ0v) is 8.06. The summed E-state index contributed by atoms with van der Waals surface area (Å²) in [5, 5.41) is 12.1. The quantitative estimate of drug-likeness (QED) is 0.538. The van der Waals surface area contributed by atoms with Crippen LogP contribution in [0.15, 0.2) is 0 Å². The van der Waals surface area contributed by atoms with Gasteiger partial charge in [0.1, 0.15) is 6.10 Å². The number of nitrogens with one attached hydrogen (secondary N) is 1. The van der Waals surface area contributed by atoms with Crippen molar-refractivity contribution in [2.75, 3.05) is 0 Å². The Morgan fingerprint density at radius 1 is 1.50 bits per heavy atom. The predicted molar refractivity (Wildman–Crippen MR) is 47.9 cm³/mol. The van der Waals surface area contributed by atoms with E-state index in [0.717, 1.165) is 19.3 Å². The monoisotopic (exact) mass is 202 g/mol. The van der Waals surface area contributed by atoms with Gasteiger partial charge in [-0.3, -0.25) is 4.79 Å². The second kappa shape index (κ2) is 4.78. The molecule has 1 amide bonds. The molecular weight excluding hydrogens is 188 g/mol. The van der Waals surface area contributed by atoms with Crippen molar-refractivity contribution >= 4 is 5.91 Å². The van der Waals surface area contributed by atoms with Crippen molar-refractivity contribution in [3.05, 3.63) is 10.1 Å². The average Bonchev–Trinajstić information content (AvgIpc) is 2.06. The van der Waals surface area contributed by atoms with E-state index in [1.165, 1.54) is 6.92 Å². The lowest BCUT2D eigenvalue weighted by Gasteiger charge is -2.29. The van der Waals surface area contributed by atoms with Crippen LogP contribution in [-0.2, 0) is 9.63 Å². The Morgan fingerprint density at radius 2 is 2.14 bits per heavy atom. The van der Waals surface area contributed by atoms with Gasteiger partial charge < -0.3 is 10.2 Å². The van der Waals surface area contributed by atoms with Crippen molar-refractivity contribution in [2.45, 2.75) is 44.8 Å². The fraction of sp³-hybridized carbons (Fsp3) is 0.875. The van der Waals surface area contributed by atoms with Gasteiger partial charge in [-0.15, -0.1) is 10.1 Å². The number of hydrogen-bond donors (Lipinski definition) is 1. The fourth-order valence-corrected chi connectivity index (χ4v) is 1.76. The molecule has 0 radical (unpaired) electrons. The highest BCUT2D eigenvalue weighted by atomic mass is 17.0. The Labute approximate surface area is 81.7 Å². The molecule has 0 aliphatic heterocycles. The number of carbonyl (C=O) groups excluding carboxylic acids is 1. The van der Waals surface area contributed by atoms with Crippen LogP contribution in [0.3, 0.4) is 0 Å². The van der Waals surface area contributed by atoms with Gasteiger partial charge in [-0.1, -0.05) is 12.8 Å². The summed E-state index contributed by atoms with van der Waals surface area (Å²) in [6.07, 6.45) is 2.78. The molecule has 0 bridgehead atoms. The lowest BCUT2D eigenvalue weighted by Crippen LogP contribution is -2.46. The molecule has 6 nitrogen and oxygen atoms in total. The molecule has 1 rings (SSSR count). The molecule has 1 aliphatic carbocycles. The van der Waals surface area contributed by atoms with Crippen molar-refractivity contribution < 1.29 is 14.7 Å². The Bertz CT molecular complexity index is 207.